The summed E-state index contributed by atoms with van der Waals surface area (Å²) in [5.74, 6) is 2.40. The molecule has 4 rings (SSSR count). The molecule has 17 heavy (non-hydrogen) atoms. The van der Waals surface area contributed by atoms with Crippen LogP contribution in [0.1, 0.15) is 44.9 Å². The molecule has 4 unspecified atom stereocenters. The molecule has 0 saturated heterocycles. The summed E-state index contributed by atoms with van der Waals surface area (Å²) < 4.78 is 0. The van der Waals surface area contributed by atoms with E-state index in [9.17, 15) is 0 Å². The summed E-state index contributed by atoms with van der Waals surface area (Å²) >= 11 is 0. The standard InChI is InChI=1S/C17H21/c1-2-8-17(9-3-4-10-17)16(5-1)15-12-13-6-7-14(15)11-13/h3,6-7,12-14,16H,1-2,4-5,8,10-11H2. The van der Waals surface area contributed by atoms with Gasteiger partial charge in [0.1, 0.15) is 0 Å². The molecular weight excluding hydrogens is 204 g/mol. The van der Waals surface area contributed by atoms with Crippen molar-refractivity contribution < 1.29 is 0 Å². The lowest BCUT2D eigenvalue weighted by Crippen LogP contribution is -2.33. The fourth-order valence-electron chi connectivity index (χ4n) is 4.72. The molecule has 4 aliphatic rings. The van der Waals surface area contributed by atoms with Gasteiger partial charge in [0.05, 0.1) is 0 Å². The van der Waals surface area contributed by atoms with Crippen LogP contribution in [0, 0.1) is 29.2 Å². The van der Waals surface area contributed by atoms with Crippen LogP contribution in [0.2, 0.25) is 0 Å². The molecule has 1 fully saturated rings. The first-order valence-electron chi connectivity index (χ1n) is 7.37. The van der Waals surface area contributed by atoms with E-state index >= 15 is 0 Å². The van der Waals surface area contributed by atoms with Crippen molar-refractivity contribution in [1.82, 2.24) is 0 Å². The zero-order chi connectivity index (χ0) is 11.3. The van der Waals surface area contributed by atoms with Gasteiger partial charge < -0.3 is 0 Å². The summed E-state index contributed by atoms with van der Waals surface area (Å²) in [4.78, 5) is 0. The Morgan fingerprint density at radius 3 is 2.88 bits per heavy atom. The summed E-state index contributed by atoms with van der Waals surface area (Å²) in [7, 11) is 0. The van der Waals surface area contributed by atoms with Crippen LogP contribution in [0.4, 0.5) is 0 Å². The van der Waals surface area contributed by atoms with Crippen molar-refractivity contribution in [3.05, 3.63) is 36.0 Å². The molecule has 0 N–H and O–H groups in total. The summed E-state index contributed by atoms with van der Waals surface area (Å²) in [6, 6.07) is 0. The van der Waals surface area contributed by atoms with Crippen LogP contribution in [-0.2, 0) is 0 Å². The lowest BCUT2D eigenvalue weighted by Gasteiger charge is -2.42. The first kappa shape index (κ1) is 10.2. The Kier molecular flexibility index (Phi) is 2.16. The predicted molar refractivity (Wildman–Crippen MR) is 70.3 cm³/mol. The Balaban J connectivity index is 1.67. The second kappa shape index (κ2) is 3.60. The third-order valence-electron chi connectivity index (χ3n) is 5.51. The molecular formula is C17H21. The minimum absolute atomic E-state index is 0.447. The quantitative estimate of drug-likeness (QED) is 0.578. The number of fused-ring (bicyclic) bond motifs is 2. The van der Waals surface area contributed by atoms with E-state index in [0.29, 0.717) is 5.41 Å². The van der Waals surface area contributed by atoms with Gasteiger partial charge in [-0.05, 0) is 55.9 Å². The highest BCUT2D eigenvalue weighted by Crippen LogP contribution is 2.55. The monoisotopic (exact) mass is 225 g/mol. The molecule has 2 bridgehead atoms. The molecule has 0 heteroatoms. The lowest BCUT2D eigenvalue weighted by molar-refractivity contribution is 0.164. The van der Waals surface area contributed by atoms with Crippen molar-refractivity contribution in [1.29, 1.82) is 0 Å². The zero-order valence-corrected chi connectivity index (χ0v) is 10.5. The largest absolute Gasteiger partial charge is 0.0810 e. The SMILES string of the molecule is [C]1=CCCC12CCCCC2C1=CC2C=CC1C2. The Morgan fingerprint density at radius 1 is 1.18 bits per heavy atom. The molecule has 4 atom stereocenters. The van der Waals surface area contributed by atoms with Gasteiger partial charge in [0.15, 0.2) is 0 Å². The number of rotatable bonds is 1. The molecule has 4 aliphatic carbocycles. The van der Waals surface area contributed by atoms with Crippen molar-refractivity contribution in [2.24, 2.45) is 23.2 Å². The van der Waals surface area contributed by atoms with Crippen molar-refractivity contribution in [2.45, 2.75) is 44.9 Å². The third kappa shape index (κ3) is 1.42. The van der Waals surface area contributed by atoms with Crippen LogP contribution in [-0.4, -0.2) is 0 Å². The number of hydrogen-bond acceptors (Lipinski definition) is 0. The Hall–Kier alpha value is -0.780. The molecule has 0 aliphatic heterocycles. The van der Waals surface area contributed by atoms with E-state index < -0.39 is 0 Å². The molecule has 1 saturated carbocycles. The van der Waals surface area contributed by atoms with E-state index in [2.05, 4.69) is 30.4 Å². The predicted octanol–water partition coefficient (Wildman–Crippen LogP) is 4.45. The van der Waals surface area contributed by atoms with Gasteiger partial charge in [0, 0.05) is 5.41 Å². The average molecular weight is 225 g/mol. The van der Waals surface area contributed by atoms with Gasteiger partial charge in [0.2, 0.25) is 0 Å². The maximum atomic E-state index is 3.77. The van der Waals surface area contributed by atoms with E-state index in [0.717, 1.165) is 17.8 Å². The maximum Gasteiger partial charge on any atom is 0.00212 e. The second-order valence-electron chi connectivity index (χ2n) is 6.40. The van der Waals surface area contributed by atoms with Gasteiger partial charge in [-0.15, -0.1) is 0 Å². The lowest BCUT2D eigenvalue weighted by atomic mass is 9.62. The van der Waals surface area contributed by atoms with Crippen LogP contribution in [0.15, 0.2) is 29.9 Å². The normalized spacial score (nSPS) is 47.1. The van der Waals surface area contributed by atoms with E-state index in [-0.39, 0.29) is 0 Å². The van der Waals surface area contributed by atoms with Crippen molar-refractivity contribution in [2.75, 3.05) is 0 Å². The van der Waals surface area contributed by atoms with E-state index in [1.165, 1.54) is 44.9 Å². The van der Waals surface area contributed by atoms with Crippen LogP contribution in [0.5, 0.6) is 0 Å². The molecule has 0 aromatic rings. The van der Waals surface area contributed by atoms with Crippen molar-refractivity contribution in [3.8, 4) is 0 Å². The maximum absolute atomic E-state index is 3.77. The van der Waals surface area contributed by atoms with Gasteiger partial charge >= 0.3 is 0 Å². The topological polar surface area (TPSA) is 0 Å². The summed E-state index contributed by atoms with van der Waals surface area (Å²) in [5, 5.41) is 0. The Bertz CT molecular complexity index is 412. The number of hydrogen-bond donors (Lipinski definition) is 0. The minimum Gasteiger partial charge on any atom is -0.0810 e. The van der Waals surface area contributed by atoms with Crippen LogP contribution in [0.3, 0.4) is 0 Å². The minimum atomic E-state index is 0.447. The summed E-state index contributed by atoms with van der Waals surface area (Å²) in [5.41, 5.74) is 2.24. The zero-order valence-electron chi connectivity index (χ0n) is 10.5. The smallest absolute Gasteiger partial charge is 0.00212 e. The molecule has 1 radical (unpaired) electrons. The molecule has 89 valence electrons. The van der Waals surface area contributed by atoms with Gasteiger partial charge in [-0.25, -0.2) is 0 Å². The number of allylic oxidation sites excluding steroid dienone is 6. The third-order valence-corrected chi connectivity index (χ3v) is 5.51. The fourth-order valence-corrected chi connectivity index (χ4v) is 4.72. The van der Waals surface area contributed by atoms with Crippen molar-refractivity contribution in [3.63, 3.8) is 0 Å². The van der Waals surface area contributed by atoms with Gasteiger partial charge in [0.25, 0.3) is 0 Å². The van der Waals surface area contributed by atoms with Gasteiger partial charge in [-0.1, -0.05) is 42.7 Å². The molecule has 0 nitrogen and oxygen atoms in total. The summed E-state index contributed by atoms with van der Waals surface area (Å²) in [6.07, 6.45) is 23.3. The van der Waals surface area contributed by atoms with E-state index in [1.54, 1.807) is 5.57 Å². The average Bonchev–Trinajstić information content (AvgIpc) is 3.06. The summed E-state index contributed by atoms with van der Waals surface area (Å²) in [6.45, 7) is 0. The van der Waals surface area contributed by atoms with E-state index in [4.69, 9.17) is 0 Å². The van der Waals surface area contributed by atoms with Crippen LogP contribution in [0.25, 0.3) is 0 Å². The van der Waals surface area contributed by atoms with Crippen LogP contribution < -0.4 is 0 Å². The fraction of sp³-hybridized carbons (Fsp3) is 0.647. The highest BCUT2D eigenvalue weighted by molar-refractivity contribution is 5.34. The van der Waals surface area contributed by atoms with Crippen molar-refractivity contribution >= 4 is 0 Å². The first-order chi connectivity index (χ1) is 8.37. The Morgan fingerprint density at radius 2 is 2.18 bits per heavy atom. The molecule has 0 aromatic heterocycles. The van der Waals surface area contributed by atoms with Gasteiger partial charge in [-0.2, -0.15) is 0 Å². The molecule has 0 heterocycles. The highest BCUT2D eigenvalue weighted by atomic mass is 14.5. The molecule has 1 spiro atoms. The first-order valence-corrected chi connectivity index (χ1v) is 7.37. The molecule has 0 aromatic carbocycles. The second-order valence-corrected chi connectivity index (χ2v) is 6.40. The highest BCUT2D eigenvalue weighted by Gasteiger charge is 2.45. The van der Waals surface area contributed by atoms with Crippen LogP contribution >= 0.6 is 0 Å². The van der Waals surface area contributed by atoms with Gasteiger partial charge in [-0.3, -0.25) is 0 Å². The Labute approximate surface area is 104 Å². The molecule has 0 amide bonds. The van der Waals surface area contributed by atoms with E-state index in [1.807, 2.05) is 0 Å².